The summed E-state index contributed by atoms with van der Waals surface area (Å²) in [6.45, 7) is 1.01. The SMILES string of the molecule is Fc1ccccc1[C@H]1[C@@H]2CC=C[C@H]2c2c3c(cc4ccccc24)[C@H]2C=CC[C@@H]2CN31. The summed E-state index contributed by atoms with van der Waals surface area (Å²) in [5.41, 5.74) is 5.19. The van der Waals surface area contributed by atoms with Crippen LogP contribution < -0.4 is 4.90 Å². The molecule has 2 aliphatic heterocycles. The third-order valence-corrected chi connectivity index (χ3v) is 7.97. The lowest BCUT2D eigenvalue weighted by atomic mass is 9.69. The van der Waals surface area contributed by atoms with E-state index in [4.69, 9.17) is 0 Å². The Morgan fingerprint density at radius 3 is 2.57 bits per heavy atom. The first-order chi connectivity index (χ1) is 14.8. The first-order valence-corrected chi connectivity index (χ1v) is 11.2. The topological polar surface area (TPSA) is 3.24 Å². The van der Waals surface area contributed by atoms with E-state index in [1.165, 1.54) is 27.6 Å². The maximum atomic E-state index is 15.1. The average molecular weight is 394 g/mol. The second-order valence-electron chi connectivity index (χ2n) is 9.37. The Kier molecular flexibility index (Phi) is 3.42. The molecular formula is C28H24FN. The van der Waals surface area contributed by atoms with Gasteiger partial charge in [0.2, 0.25) is 0 Å². The van der Waals surface area contributed by atoms with Crippen LogP contribution in [0.15, 0.2) is 78.9 Å². The van der Waals surface area contributed by atoms with Crippen molar-refractivity contribution in [3.63, 3.8) is 0 Å². The largest absolute Gasteiger partial charge is 0.363 e. The minimum atomic E-state index is -0.0643. The van der Waals surface area contributed by atoms with Crippen LogP contribution in [-0.2, 0) is 0 Å². The van der Waals surface area contributed by atoms with E-state index in [0.29, 0.717) is 23.7 Å². The Labute approximate surface area is 176 Å². The maximum absolute atomic E-state index is 15.1. The molecule has 2 heterocycles. The zero-order chi connectivity index (χ0) is 19.8. The molecule has 1 nitrogen and oxygen atoms in total. The van der Waals surface area contributed by atoms with Crippen molar-refractivity contribution in [2.75, 3.05) is 11.4 Å². The highest BCUT2D eigenvalue weighted by molar-refractivity contribution is 5.94. The molecule has 4 aliphatic rings. The van der Waals surface area contributed by atoms with Gasteiger partial charge >= 0.3 is 0 Å². The maximum Gasteiger partial charge on any atom is 0.128 e. The highest BCUT2D eigenvalue weighted by atomic mass is 19.1. The Balaban J connectivity index is 1.56. The third kappa shape index (κ3) is 2.12. The molecule has 0 amide bonds. The summed E-state index contributed by atoms with van der Waals surface area (Å²) in [6, 6.07) is 18.8. The van der Waals surface area contributed by atoms with Crippen molar-refractivity contribution in [3.8, 4) is 0 Å². The zero-order valence-electron chi connectivity index (χ0n) is 16.8. The lowest BCUT2D eigenvalue weighted by Gasteiger charge is -2.51. The second-order valence-corrected chi connectivity index (χ2v) is 9.37. The summed E-state index contributed by atoms with van der Waals surface area (Å²) >= 11 is 0. The predicted molar refractivity (Wildman–Crippen MR) is 120 cm³/mol. The Morgan fingerprint density at radius 1 is 0.833 bits per heavy atom. The van der Waals surface area contributed by atoms with E-state index in [1.54, 1.807) is 6.07 Å². The van der Waals surface area contributed by atoms with Crippen LogP contribution >= 0.6 is 0 Å². The standard InChI is InChI=1S/C28H24FN/c29-25-14-4-3-10-23(25)27-22-13-6-12-21(22)26-20-9-2-1-7-17(20)15-24-19-11-5-8-18(19)16-30(27)28(24)26/h1-7,9-12,14-15,18-19,21-22,27H,8,13,16H2/t18-,19+,21-,22-,27-/m1/s1. The second kappa shape index (κ2) is 6.07. The van der Waals surface area contributed by atoms with E-state index in [1.807, 2.05) is 18.2 Å². The van der Waals surface area contributed by atoms with Gasteiger partial charge in [-0.05, 0) is 58.7 Å². The van der Waals surface area contributed by atoms with Crippen LogP contribution in [0.25, 0.3) is 10.8 Å². The monoisotopic (exact) mass is 393 g/mol. The van der Waals surface area contributed by atoms with Crippen LogP contribution in [0.2, 0.25) is 0 Å². The van der Waals surface area contributed by atoms with Crippen molar-refractivity contribution >= 4 is 16.5 Å². The summed E-state index contributed by atoms with van der Waals surface area (Å²) in [4.78, 5) is 2.60. The smallest absolute Gasteiger partial charge is 0.128 e. The molecule has 0 radical (unpaired) electrons. The van der Waals surface area contributed by atoms with Crippen LogP contribution in [0.5, 0.6) is 0 Å². The Hall–Kier alpha value is -2.87. The number of hydrogen-bond acceptors (Lipinski definition) is 1. The fraction of sp³-hybridized carbons (Fsp3) is 0.286. The van der Waals surface area contributed by atoms with E-state index < -0.39 is 0 Å². The molecule has 0 saturated carbocycles. The summed E-state index contributed by atoms with van der Waals surface area (Å²) in [5.74, 6) is 1.76. The fourth-order valence-corrected chi connectivity index (χ4v) is 6.80. The van der Waals surface area contributed by atoms with Crippen LogP contribution in [0.4, 0.5) is 10.1 Å². The number of rotatable bonds is 1. The van der Waals surface area contributed by atoms with Gasteiger partial charge in [0.25, 0.3) is 0 Å². The van der Waals surface area contributed by atoms with Gasteiger partial charge < -0.3 is 4.90 Å². The van der Waals surface area contributed by atoms with Crippen molar-refractivity contribution in [1.82, 2.24) is 0 Å². The number of benzene rings is 3. The van der Waals surface area contributed by atoms with E-state index in [-0.39, 0.29) is 11.9 Å². The van der Waals surface area contributed by atoms with Gasteiger partial charge in [-0.15, -0.1) is 0 Å². The fourth-order valence-electron chi connectivity index (χ4n) is 6.80. The van der Waals surface area contributed by atoms with Gasteiger partial charge in [-0.1, -0.05) is 66.8 Å². The van der Waals surface area contributed by atoms with Gasteiger partial charge in [-0.2, -0.15) is 0 Å². The quantitative estimate of drug-likeness (QED) is 0.408. The predicted octanol–water partition coefficient (Wildman–Crippen LogP) is 6.87. The molecule has 3 aromatic carbocycles. The lowest BCUT2D eigenvalue weighted by Crippen LogP contribution is -2.46. The molecular weight excluding hydrogens is 369 g/mol. The molecule has 30 heavy (non-hydrogen) atoms. The number of anilines is 1. The van der Waals surface area contributed by atoms with Gasteiger partial charge in [-0.25, -0.2) is 4.39 Å². The Morgan fingerprint density at radius 2 is 1.63 bits per heavy atom. The van der Waals surface area contributed by atoms with Crippen molar-refractivity contribution in [2.24, 2.45) is 11.8 Å². The highest BCUT2D eigenvalue weighted by Gasteiger charge is 2.48. The van der Waals surface area contributed by atoms with E-state index in [2.05, 4.69) is 59.5 Å². The molecule has 2 heteroatoms. The number of hydrogen-bond donors (Lipinski definition) is 0. The first-order valence-electron chi connectivity index (χ1n) is 11.2. The van der Waals surface area contributed by atoms with Crippen molar-refractivity contribution in [2.45, 2.75) is 30.7 Å². The van der Waals surface area contributed by atoms with Crippen LogP contribution in [-0.4, -0.2) is 6.54 Å². The van der Waals surface area contributed by atoms with Crippen molar-refractivity contribution in [3.05, 3.63) is 101 Å². The molecule has 0 N–H and O–H groups in total. The molecule has 0 aromatic heterocycles. The molecule has 0 unspecified atom stereocenters. The summed E-state index contributed by atoms with van der Waals surface area (Å²) in [5, 5.41) is 2.71. The molecule has 148 valence electrons. The zero-order valence-corrected chi connectivity index (χ0v) is 16.8. The number of halogens is 1. The normalized spacial score (nSPS) is 30.4. The summed E-state index contributed by atoms with van der Waals surface area (Å²) in [6.07, 6.45) is 11.6. The van der Waals surface area contributed by atoms with E-state index in [0.717, 1.165) is 24.9 Å². The third-order valence-electron chi connectivity index (χ3n) is 7.97. The van der Waals surface area contributed by atoms with Crippen LogP contribution in [0.1, 0.15) is 47.4 Å². The number of allylic oxidation sites excluding steroid dienone is 4. The number of fused-ring (bicyclic) bond motifs is 6. The Bertz CT molecular complexity index is 1240. The van der Waals surface area contributed by atoms with Crippen LogP contribution in [0.3, 0.4) is 0 Å². The highest BCUT2D eigenvalue weighted by Crippen LogP contribution is 2.60. The molecule has 7 rings (SSSR count). The van der Waals surface area contributed by atoms with Gasteiger partial charge in [0.15, 0.2) is 0 Å². The minimum absolute atomic E-state index is 0.0643. The minimum Gasteiger partial charge on any atom is -0.363 e. The molecule has 0 spiro atoms. The van der Waals surface area contributed by atoms with Gasteiger partial charge in [0, 0.05) is 29.6 Å². The summed E-state index contributed by atoms with van der Waals surface area (Å²) in [7, 11) is 0. The van der Waals surface area contributed by atoms with E-state index >= 15 is 4.39 Å². The van der Waals surface area contributed by atoms with Gasteiger partial charge in [0.05, 0.1) is 6.04 Å². The van der Waals surface area contributed by atoms with E-state index in [9.17, 15) is 0 Å². The molecule has 5 atom stereocenters. The van der Waals surface area contributed by atoms with Crippen LogP contribution in [0, 0.1) is 17.7 Å². The average Bonchev–Trinajstić information content (AvgIpc) is 3.44. The lowest BCUT2D eigenvalue weighted by molar-refractivity contribution is 0.329. The molecule has 3 aromatic rings. The summed E-state index contributed by atoms with van der Waals surface area (Å²) < 4.78 is 15.1. The molecule has 2 aliphatic carbocycles. The number of nitrogens with zero attached hydrogens (tertiary/aromatic N) is 1. The molecule has 0 saturated heterocycles. The first kappa shape index (κ1) is 16.9. The van der Waals surface area contributed by atoms with Crippen molar-refractivity contribution in [1.29, 1.82) is 0 Å². The van der Waals surface area contributed by atoms with Gasteiger partial charge in [-0.3, -0.25) is 0 Å². The molecule has 0 bridgehead atoms. The molecule has 0 fully saturated rings. The van der Waals surface area contributed by atoms with Crippen molar-refractivity contribution < 1.29 is 4.39 Å². The van der Waals surface area contributed by atoms with Gasteiger partial charge in [0.1, 0.15) is 5.82 Å².